The van der Waals surface area contributed by atoms with Crippen molar-refractivity contribution in [2.45, 2.75) is 40.5 Å². The molecule has 1 aromatic rings. The maximum atomic E-state index is 4.28. The molecule has 0 amide bonds. The van der Waals surface area contributed by atoms with Crippen LogP contribution < -0.4 is 0 Å². The van der Waals surface area contributed by atoms with Crippen LogP contribution in [0, 0.1) is 6.92 Å². The van der Waals surface area contributed by atoms with Gasteiger partial charge in [-0.15, -0.1) is 0 Å². The van der Waals surface area contributed by atoms with Crippen LogP contribution in [0.1, 0.15) is 45.1 Å². The topological polar surface area (TPSA) is 17.8 Å². The van der Waals surface area contributed by atoms with Crippen molar-refractivity contribution in [1.29, 1.82) is 0 Å². The van der Waals surface area contributed by atoms with E-state index in [1.165, 1.54) is 5.69 Å². The van der Waals surface area contributed by atoms with E-state index in [0.717, 1.165) is 5.82 Å². The third-order valence-corrected chi connectivity index (χ3v) is 1.77. The molecular formula is C10H20N2. The average Bonchev–Trinajstić information content (AvgIpc) is 2.37. The van der Waals surface area contributed by atoms with Gasteiger partial charge in [-0.25, -0.2) is 4.98 Å². The smallest absolute Gasteiger partial charge is 0.111 e. The largest absolute Gasteiger partial charge is 0.335 e. The van der Waals surface area contributed by atoms with E-state index in [9.17, 15) is 0 Å². The second kappa shape index (κ2) is 4.96. The van der Waals surface area contributed by atoms with E-state index in [2.05, 4.69) is 37.4 Å². The second-order valence-electron chi connectivity index (χ2n) is 2.97. The standard InChI is InChI=1S/C8H14N2.C2H6/c1-6(2)8-9-5-7(3)10(8)4;1-2/h5-6H,1-4H3;1-2H3. The van der Waals surface area contributed by atoms with Crippen molar-refractivity contribution < 1.29 is 0 Å². The number of imidazole rings is 1. The minimum Gasteiger partial charge on any atom is -0.335 e. The minimum atomic E-state index is 0.527. The third-order valence-electron chi connectivity index (χ3n) is 1.77. The van der Waals surface area contributed by atoms with Crippen LogP contribution >= 0.6 is 0 Å². The zero-order chi connectivity index (χ0) is 9.72. The first-order chi connectivity index (χ1) is 5.63. The molecule has 0 aromatic carbocycles. The van der Waals surface area contributed by atoms with Crippen LogP contribution in [0.2, 0.25) is 0 Å². The Hall–Kier alpha value is -0.790. The van der Waals surface area contributed by atoms with Crippen LogP contribution in [0.5, 0.6) is 0 Å². The number of aryl methyl sites for hydroxylation is 1. The lowest BCUT2D eigenvalue weighted by Gasteiger charge is -2.04. The van der Waals surface area contributed by atoms with Crippen LogP contribution in [0.15, 0.2) is 6.20 Å². The van der Waals surface area contributed by atoms with Gasteiger partial charge in [0.1, 0.15) is 5.82 Å². The molecule has 0 aliphatic rings. The van der Waals surface area contributed by atoms with Crippen molar-refractivity contribution in [3.8, 4) is 0 Å². The molecule has 0 saturated carbocycles. The maximum Gasteiger partial charge on any atom is 0.111 e. The summed E-state index contributed by atoms with van der Waals surface area (Å²) in [7, 11) is 2.05. The van der Waals surface area contributed by atoms with E-state index in [-0.39, 0.29) is 0 Å². The Kier molecular flexibility index (Phi) is 4.64. The fourth-order valence-electron chi connectivity index (χ4n) is 1.05. The lowest BCUT2D eigenvalue weighted by atomic mass is 10.2. The van der Waals surface area contributed by atoms with Crippen LogP contribution in [0.25, 0.3) is 0 Å². The first kappa shape index (κ1) is 11.2. The number of rotatable bonds is 1. The zero-order valence-corrected chi connectivity index (χ0v) is 9.05. The molecule has 1 rings (SSSR count). The van der Waals surface area contributed by atoms with Crippen molar-refractivity contribution in [3.63, 3.8) is 0 Å². The lowest BCUT2D eigenvalue weighted by Crippen LogP contribution is -2.00. The SMILES string of the molecule is CC.Cc1cnc(C(C)C)n1C. The molecule has 2 heteroatoms. The molecule has 0 N–H and O–H groups in total. The van der Waals surface area contributed by atoms with Gasteiger partial charge in [-0.1, -0.05) is 27.7 Å². The number of hydrogen-bond acceptors (Lipinski definition) is 1. The minimum absolute atomic E-state index is 0.527. The molecule has 0 saturated heterocycles. The molecule has 1 heterocycles. The van der Waals surface area contributed by atoms with E-state index in [4.69, 9.17) is 0 Å². The summed E-state index contributed by atoms with van der Waals surface area (Å²) in [5.41, 5.74) is 1.23. The normalized spacial score (nSPS) is 9.58. The van der Waals surface area contributed by atoms with E-state index < -0.39 is 0 Å². The van der Waals surface area contributed by atoms with Crippen molar-refractivity contribution in [3.05, 3.63) is 17.7 Å². The number of hydrogen-bond donors (Lipinski definition) is 0. The summed E-state index contributed by atoms with van der Waals surface area (Å²) in [4.78, 5) is 4.28. The van der Waals surface area contributed by atoms with Gasteiger partial charge in [-0.2, -0.15) is 0 Å². The van der Waals surface area contributed by atoms with E-state index in [1.807, 2.05) is 20.0 Å². The predicted molar refractivity (Wildman–Crippen MR) is 53.4 cm³/mol. The summed E-state index contributed by atoms with van der Waals surface area (Å²) in [6.07, 6.45) is 1.91. The lowest BCUT2D eigenvalue weighted by molar-refractivity contribution is 0.700. The van der Waals surface area contributed by atoms with Crippen LogP contribution in [-0.4, -0.2) is 9.55 Å². The monoisotopic (exact) mass is 168 g/mol. The fourth-order valence-corrected chi connectivity index (χ4v) is 1.05. The van der Waals surface area contributed by atoms with Gasteiger partial charge in [0.05, 0.1) is 0 Å². The Morgan fingerprint density at radius 3 is 2.00 bits per heavy atom. The third kappa shape index (κ3) is 2.36. The molecular weight excluding hydrogens is 148 g/mol. The summed E-state index contributed by atoms with van der Waals surface area (Å²) in [6.45, 7) is 10.4. The highest BCUT2D eigenvalue weighted by Gasteiger charge is 2.05. The van der Waals surface area contributed by atoms with Gasteiger partial charge in [-0.3, -0.25) is 0 Å². The number of nitrogens with zero attached hydrogens (tertiary/aromatic N) is 2. The van der Waals surface area contributed by atoms with E-state index in [0.29, 0.717) is 5.92 Å². The van der Waals surface area contributed by atoms with Crippen LogP contribution in [-0.2, 0) is 7.05 Å². The molecule has 12 heavy (non-hydrogen) atoms. The Morgan fingerprint density at radius 1 is 1.33 bits per heavy atom. The quantitative estimate of drug-likeness (QED) is 0.630. The first-order valence-corrected chi connectivity index (χ1v) is 4.61. The molecule has 1 aromatic heterocycles. The van der Waals surface area contributed by atoms with Gasteiger partial charge in [-0.05, 0) is 6.92 Å². The van der Waals surface area contributed by atoms with Gasteiger partial charge in [0.2, 0.25) is 0 Å². The van der Waals surface area contributed by atoms with Gasteiger partial charge in [0.25, 0.3) is 0 Å². The van der Waals surface area contributed by atoms with Gasteiger partial charge in [0, 0.05) is 24.9 Å². The Balaban J connectivity index is 0.000000561. The Labute approximate surface area is 75.6 Å². The highest BCUT2D eigenvalue weighted by molar-refractivity contribution is 5.05. The van der Waals surface area contributed by atoms with Crippen molar-refractivity contribution in [1.82, 2.24) is 9.55 Å². The Bertz CT molecular complexity index is 224. The molecule has 0 fully saturated rings. The summed E-state index contributed by atoms with van der Waals surface area (Å²) in [5.74, 6) is 1.69. The van der Waals surface area contributed by atoms with E-state index in [1.54, 1.807) is 0 Å². The molecule has 0 spiro atoms. The maximum absolute atomic E-state index is 4.28. The molecule has 0 atom stereocenters. The van der Waals surface area contributed by atoms with Gasteiger partial charge >= 0.3 is 0 Å². The summed E-state index contributed by atoms with van der Waals surface area (Å²) >= 11 is 0. The molecule has 0 aliphatic heterocycles. The zero-order valence-electron chi connectivity index (χ0n) is 9.05. The first-order valence-electron chi connectivity index (χ1n) is 4.61. The van der Waals surface area contributed by atoms with Crippen molar-refractivity contribution in [2.75, 3.05) is 0 Å². The van der Waals surface area contributed by atoms with Crippen LogP contribution in [0.4, 0.5) is 0 Å². The summed E-state index contributed by atoms with van der Waals surface area (Å²) in [5, 5.41) is 0. The molecule has 0 aliphatic carbocycles. The number of aromatic nitrogens is 2. The van der Waals surface area contributed by atoms with Crippen molar-refractivity contribution in [2.24, 2.45) is 7.05 Å². The molecule has 0 radical (unpaired) electrons. The van der Waals surface area contributed by atoms with Crippen molar-refractivity contribution >= 4 is 0 Å². The molecule has 70 valence electrons. The molecule has 2 nitrogen and oxygen atoms in total. The highest BCUT2D eigenvalue weighted by atomic mass is 15.1. The second-order valence-corrected chi connectivity index (χ2v) is 2.97. The predicted octanol–water partition coefficient (Wildman–Crippen LogP) is 2.88. The highest BCUT2D eigenvalue weighted by Crippen LogP contribution is 2.12. The Morgan fingerprint density at radius 2 is 1.83 bits per heavy atom. The molecule has 0 unspecified atom stereocenters. The van der Waals surface area contributed by atoms with E-state index >= 15 is 0 Å². The molecule has 0 bridgehead atoms. The average molecular weight is 168 g/mol. The fraction of sp³-hybridized carbons (Fsp3) is 0.700. The summed E-state index contributed by atoms with van der Waals surface area (Å²) in [6, 6.07) is 0. The van der Waals surface area contributed by atoms with Crippen LogP contribution in [0.3, 0.4) is 0 Å². The van der Waals surface area contributed by atoms with Gasteiger partial charge in [0.15, 0.2) is 0 Å². The summed E-state index contributed by atoms with van der Waals surface area (Å²) < 4.78 is 2.13. The van der Waals surface area contributed by atoms with Gasteiger partial charge < -0.3 is 4.57 Å².